The molecule has 1 N–H and O–H groups in total. The molecule has 0 aliphatic heterocycles. The van der Waals surface area contributed by atoms with Crippen LogP contribution in [0.4, 0.5) is 0 Å². The zero-order chi connectivity index (χ0) is 21.6. The van der Waals surface area contributed by atoms with Gasteiger partial charge in [-0.25, -0.2) is 0 Å². The molecule has 0 saturated carbocycles. The predicted octanol–water partition coefficient (Wildman–Crippen LogP) is 2.27. The van der Waals surface area contributed by atoms with E-state index < -0.39 is 0 Å². The van der Waals surface area contributed by atoms with Gasteiger partial charge in [0.05, 0.1) is 0 Å². The van der Waals surface area contributed by atoms with Gasteiger partial charge in [-0.3, -0.25) is 0 Å². The molecular formula is C17H16CrO7. The van der Waals surface area contributed by atoms with Crippen LogP contribution in [0, 0.1) is 47.1 Å². The summed E-state index contributed by atoms with van der Waals surface area (Å²) in [7, 11) is 0. The second-order valence-electron chi connectivity index (χ2n) is 3.91. The molecule has 25 heavy (non-hydrogen) atoms. The summed E-state index contributed by atoms with van der Waals surface area (Å²) in [4.78, 5) is 0. The Bertz CT molecular complexity index is 523. The van der Waals surface area contributed by atoms with Gasteiger partial charge in [0.15, 0.2) is 0 Å². The monoisotopic (exact) mass is 384 g/mol. The fourth-order valence-electron chi connectivity index (χ4n) is 1.54. The molecule has 0 spiro atoms. The predicted molar refractivity (Wildman–Crippen MR) is 77.6 cm³/mol. The third kappa shape index (κ3) is 18.3. The second kappa shape index (κ2) is 27.0. The van der Waals surface area contributed by atoms with E-state index in [9.17, 15) is 5.11 Å². The maximum atomic E-state index is 9.42. The molecule has 132 valence electrons. The molecule has 1 rings (SSSR count). The average molecular weight is 384 g/mol. The molecule has 8 heteroatoms. The molecule has 1 aromatic carbocycles. The molecule has 0 bridgehead atoms. The fourth-order valence-corrected chi connectivity index (χ4v) is 2.34. The second-order valence-corrected chi connectivity index (χ2v) is 4.49. The molecule has 0 heterocycles. The Kier molecular flexibility index (Phi) is 37.1. The SMILES string of the molecule is Cc1cc(O)cc(C)c1[C](=[Cr])OC(C)C.[C-]#[O+].[C-]#[O+].[C-]#[O+].[C-]#[O+].[C-]#[O+]. The van der Waals surface area contributed by atoms with Gasteiger partial charge in [0.1, 0.15) is 0 Å². The van der Waals surface area contributed by atoms with Crippen molar-refractivity contribution < 1.29 is 49.0 Å². The minimum absolute atomic E-state index is 0.147. The van der Waals surface area contributed by atoms with Crippen molar-refractivity contribution in [3.63, 3.8) is 0 Å². The number of benzene rings is 1. The van der Waals surface area contributed by atoms with Crippen molar-refractivity contribution in [3.05, 3.63) is 62.1 Å². The van der Waals surface area contributed by atoms with Gasteiger partial charge in [-0.15, -0.1) is 0 Å². The quantitative estimate of drug-likeness (QED) is 0.633. The summed E-state index contributed by atoms with van der Waals surface area (Å²) < 4.78 is 43.9. The molecule has 1 aromatic rings. The number of aryl methyl sites for hydroxylation is 2. The molecule has 0 aliphatic rings. The Morgan fingerprint density at radius 1 is 0.880 bits per heavy atom. The first-order valence-corrected chi connectivity index (χ1v) is 6.59. The first kappa shape index (κ1) is 34.4. The van der Waals surface area contributed by atoms with E-state index in [0.29, 0.717) is 5.75 Å². The van der Waals surface area contributed by atoms with Crippen molar-refractivity contribution in [2.75, 3.05) is 0 Å². The molecule has 0 atom stereocenters. The van der Waals surface area contributed by atoms with E-state index in [1.54, 1.807) is 12.1 Å². The van der Waals surface area contributed by atoms with Gasteiger partial charge in [0.2, 0.25) is 0 Å². The molecule has 0 aliphatic carbocycles. The standard InChI is InChI=1S/C12H16O2.5CO.Cr/c1-8(2)14-7-12-9(3)5-11(13)6-10(12)4;5*1-2;/h5-6,8,13H,1-4H3;;;;;;. The Morgan fingerprint density at radius 2 is 1.16 bits per heavy atom. The van der Waals surface area contributed by atoms with Crippen LogP contribution >= 0.6 is 0 Å². The van der Waals surface area contributed by atoms with Gasteiger partial charge >= 0.3 is 155 Å². The summed E-state index contributed by atoms with van der Waals surface area (Å²) in [6.45, 7) is 30.4. The Labute approximate surface area is 155 Å². The van der Waals surface area contributed by atoms with E-state index in [2.05, 4.69) is 49.1 Å². The third-order valence-corrected chi connectivity index (χ3v) is 2.53. The zero-order valence-corrected chi connectivity index (χ0v) is 15.3. The van der Waals surface area contributed by atoms with Gasteiger partial charge in [-0.05, 0) is 0 Å². The average Bonchev–Trinajstić information content (AvgIpc) is 2.62. The summed E-state index contributed by atoms with van der Waals surface area (Å²) in [5, 5.41) is 9.42. The number of aromatic hydroxyl groups is 1. The van der Waals surface area contributed by atoms with Crippen molar-refractivity contribution in [1.82, 2.24) is 0 Å². The molecule has 0 unspecified atom stereocenters. The van der Waals surface area contributed by atoms with Crippen LogP contribution in [0.2, 0.25) is 0 Å². The summed E-state index contributed by atoms with van der Waals surface area (Å²) in [6, 6.07) is 3.48. The molecule has 7 nitrogen and oxygen atoms in total. The summed E-state index contributed by atoms with van der Waals surface area (Å²) in [6.07, 6.45) is 0.147. The van der Waals surface area contributed by atoms with Crippen molar-refractivity contribution in [3.8, 4) is 5.75 Å². The van der Waals surface area contributed by atoms with Crippen molar-refractivity contribution >= 4 is 4.57 Å². The minimum atomic E-state index is 0.147. The number of ether oxygens (including phenoxy) is 1. The van der Waals surface area contributed by atoms with E-state index in [1.807, 2.05) is 27.7 Å². The zero-order valence-electron chi connectivity index (χ0n) is 14.0. The van der Waals surface area contributed by atoms with Gasteiger partial charge in [0, 0.05) is 0 Å². The molecule has 0 fully saturated rings. The number of rotatable bonds is 3. The van der Waals surface area contributed by atoms with Crippen LogP contribution in [0.15, 0.2) is 12.1 Å². The Morgan fingerprint density at radius 3 is 1.40 bits per heavy atom. The van der Waals surface area contributed by atoms with Crippen LogP contribution in [-0.2, 0) is 43.8 Å². The maximum absolute atomic E-state index is 9.42. The molecule has 0 amide bonds. The van der Waals surface area contributed by atoms with E-state index >= 15 is 0 Å². The summed E-state index contributed by atoms with van der Waals surface area (Å²) >= 11 is 2.94. The number of phenols is 1. The van der Waals surface area contributed by atoms with E-state index in [1.165, 1.54) is 0 Å². The first-order valence-electron chi connectivity index (χ1n) is 5.95. The van der Waals surface area contributed by atoms with Gasteiger partial charge < -0.3 is 0 Å². The number of hydrogen-bond donors (Lipinski definition) is 1. The normalized spacial score (nSPS) is 6.84. The van der Waals surface area contributed by atoms with Crippen molar-refractivity contribution in [1.29, 1.82) is 0 Å². The van der Waals surface area contributed by atoms with E-state index in [0.717, 1.165) is 21.3 Å². The third-order valence-electron chi connectivity index (χ3n) is 2.06. The summed E-state index contributed by atoms with van der Waals surface area (Å²) in [5.74, 6) is 0.297. The van der Waals surface area contributed by atoms with Gasteiger partial charge in [0.25, 0.3) is 0 Å². The van der Waals surface area contributed by atoms with Crippen LogP contribution in [0.3, 0.4) is 0 Å². The molecule has 0 aromatic heterocycles. The molecule has 0 radical (unpaired) electrons. The Balaban J connectivity index is -0.000000114. The van der Waals surface area contributed by atoms with Gasteiger partial charge in [-0.1, -0.05) is 0 Å². The van der Waals surface area contributed by atoms with Crippen LogP contribution in [0.5, 0.6) is 5.75 Å². The number of hydrogen-bond acceptors (Lipinski definition) is 2. The van der Waals surface area contributed by atoms with Crippen molar-refractivity contribution in [2.45, 2.75) is 33.8 Å². The summed E-state index contributed by atoms with van der Waals surface area (Å²) in [5.41, 5.74) is 3.07. The molecule has 0 saturated heterocycles. The fraction of sp³-hybridized carbons (Fsp3) is 0.294. The van der Waals surface area contributed by atoms with Crippen LogP contribution in [-0.4, -0.2) is 15.8 Å². The topological polar surface area (TPSA) is 129 Å². The van der Waals surface area contributed by atoms with Crippen LogP contribution in [0.1, 0.15) is 30.5 Å². The van der Waals surface area contributed by atoms with Crippen molar-refractivity contribution in [2.24, 2.45) is 0 Å². The first-order chi connectivity index (χ1) is 11.9. The van der Waals surface area contributed by atoms with Gasteiger partial charge in [-0.2, -0.15) is 0 Å². The number of phenolic OH excluding ortho intramolecular Hbond substituents is 1. The van der Waals surface area contributed by atoms with Crippen LogP contribution < -0.4 is 0 Å². The Hall–Kier alpha value is -1.92. The van der Waals surface area contributed by atoms with Crippen LogP contribution in [0.25, 0.3) is 0 Å². The van der Waals surface area contributed by atoms with E-state index in [-0.39, 0.29) is 6.10 Å². The van der Waals surface area contributed by atoms with E-state index in [4.69, 9.17) is 28.0 Å². The molecular weight excluding hydrogens is 368 g/mol.